The summed E-state index contributed by atoms with van der Waals surface area (Å²) in [6, 6.07) is 18.7. The van der Waals surface area contributed by atoms with Gasteiger partial charge in [-0.25, -0.2) is 0 Å². The first-order valence-corrected chi connectivity index (χ1v) is 11.1. The van der Waals surface area contributed by atoms with Gasteiger partial charge in [0.25, 0.3) is 5.56 Å². The Morgan fingerprint density at radius 3 is 2.32 bits per heavy atom. The van der Waals surface area contributed by atoms with Crippen LogP contribution in [0.3, 0.4) is 0 Å². The average Bonchev–Trinajstić information content (AvgIpc) is 3.15. The molecule has 31 heavy (non-hydrogen) atoms. The summed E-state index contributed by atoms with van der Waals surface area (Å²) < 4.78 is 5.00. The highest BCUT2D eigenvalue weighted by atomic mass is 16.5. The molecular formula is C26H32N2O3. The molecule has 0 aliphatic rings. The molecule has 1 aromatic heterocycles. The van der Waals surface area contributed by atoms with Crippen molar-refractivity contribution in [2.24, 2.45) is 0 Å². The van der Waals surface area contributed by atoms with Gasteiger partial charge in [0.2, 0.25) is 0 Å². The molecule has 1 heterocycles. The first-order valence-electron chi connectivity index (χ1n) is 11.1. The fraction of sp³-hybridized carbons (Fsp3) is 0.385. The van der Waals surface area contributed by atoms with E-state index in [2.05, 4.69) is 60.4 Å². The van der Waals surface area contributed by atoms with Gasteiger partial charge in [-0.1, -0.05) is 68.4 Å². The van der Waals surface area contributed by atoms with Crippen molar-refractivity contribution in [2.45, 2.75) is 58.3 Å². The maximum Gasteiger partial charge on any atom is 0.305 e. The molecule has 0 radical (unpaired) electrons. The minimum Gasteiger partial charge on any atom is -0.466 e. The van der Waals surface area contributed by atoms with Gasteiger partial charge in [0.15, 0.2) is 0 Å². The van der Waals surface area contributed by atoms with Crippen LogP contribution < -0.4 is 5.56 Å². The van der Waals surface area contributed by atoms with E-state index in [0.29, 0.717) is 13.0 Å². The number of aromatic nitrogens is 2. The summed E-state index contributed by atoms with van der Waals surface area (Å²) in [5, 5.41) is 5.88. The molecule has 1 atom stereocenters. The minimum atomic E-state index is -0.144. The Hall–Kier alpha value is -3.08. The standard InChI is InChI=1S/C26H32N2O3/c1-4-31-23(29)12-8-11-19-13-15-21(16-14-19)22(17-20-9-6-5-7-10-20)24-25(18(2)3)27-28-26(24)30/h5-7,9-10,13-16,18,22H,4,8,11-12,17H2,1-3H3,(H2,27,28,30). The topological polar surface area (TPSA) is 75.0 Å². The van der Waals surface area contributed by atoms with Gasteiger partial charge in [-0.3, -0.25) is 14.7 Å². The number of hydrogen-bond acceptors (Lipinski definition) is 3. The SMILES string of the molecule is CCOC(=O)CCCc1ccc(C(Cc2ccccc2)c2c(C(C)C)[nH][nH]c2=O)cc1. The maximum absolute atomic E-state index is 12.7. The molecule has 0 aliphatic heterocycles. The van der Waals surface area contributed by atoms with E-state index < -0.39 is 0 Å². The molecule has 0 fully saturated rings. The number of rotatable bonds is 10. The average molecular weight is 421 g/mol. The number of ether oxygens (including phenoxy) is 1. The van der Waals surface area contributed by atoms with Gasteiger partial charge < -0.3 is 9.84 Å². The molecule has 2 N–H and O–H groups in total. The monoisotopic (exact) mass is 420 g/mol. The lowest BCUT2D eigenvalue weighted by Gasteiger charge is -2.19. The second kappa shape index (κ2) is 10.8. The van der Waals surface area contributed by atoms with E-state index in [0.717, 1.165) is 36.1 Å². The van der Waals surface area contributed by atoms with E-state index in [-0.39, 0.29) is 23.4 Å². The van der Waals surface area contributed by atoms with Crippen LogP contribution in [0, 0.1) is 0 Å². The lowest BCUT2D eigenvalue weighted by atomic mass is 9.84. The van der Waals surface area contributed by atoms with E-state index >= 15 is 0 Å². The number of hydrogen-bond donors (Lipinski definition) is 2. The molecule has 0 spiro atoms. The van der Waals surface area contributed by atoms with Crippen molar-refractivity contribution in [3.8, 4) is 0 Å². The van der Waals surface area contributed by atoms with Crippen LogP contribution in [-0.2, 0) is 22.4 Å². The first kappa shape index (κ1) is 22.6. The van der Waals surface area contributed by atoms with Gasteiger partial charge in [-0.2, -0.15) is 0 Å². The van der Waals surface area contributed by atoms with Crippen LogP contribution in [0.1, 0.15) is 73.4 Å². The predicted molar refractivity (Wildman–Crippen MR) is 124 cm³/mol. The van der Waals surface area contributed by atoms with Crippen LogP contribution in [0.4, 0.5) is 0 Å². The second-order valence-corrected chi connectivity index (χ2v) is 8.20. The molecule has 0 saturated heterocycles. The number of carbonyl (C=O) groups is 1. The molecule has 164 valence electrons. The van der Waals surface area contributed by atoms with Gasteiger partial charge in [0.1, 0.15) is 0 Å². The summed E-state index contributed by atoms with van der Waals surface area (Å²) in [6.07, 6.45) is 2.78. The third-order valence-electron chi connectivity index (χ3n) is 5.59. The highest BCUT2D eigenvalue weighted by Crippen LogP contribution is 2.31. The fourth-order valence-electron chi connectivity index (χ4n) is 4.01. The lowest BCUT2D eigenvalue weighted by Crippen LogP contribution is -2.16. The number of aryl methyl sites for hydroxylation is 1. The van der Waals surface area contributed by atoms with Gasteiger partial charge in [0, 0.05) is 23.6 Å². The first-order chi connectivity index (χ1) is 15.0. The van der Waals surface area contributed by atoms with E-state index in [9.17, 15) is 9.59 Å². The molecular weight excluding hydrogens is 388 g/mol. The van der Waals surface area contributed by atoms with Crippen LogP contribution in [0.15, 0.2) is 59.4 Å². The van der Waals surface area contributed by atoms with Crippen LogP contribution in [-0.4, -0.2) is 22.8 Å². The van der Waals surface area contributed by atoms with Crippen molar-refractivity contribution < 1.29 is 9.53 Å². The van der Waals surface area contributed by atoms with Gasteiger partial charge >= 0.3 is 5.97 Å². The Labute approximate surface area is 183 Å². The third-order valence-corrected chi connectivity index (χ3v) is 5.59. The number of esters is 1. The molecule has 3 rings (SSSR count). The van der Waals surface area contributed by atoms with E-state index in [1.807, 2.05) is 25.1 Å². The molecule has 5 heteroatoms. The summed E-state index contributed by atoms with van der Waals surface area (Å²) in [7, 11) is 0. The summed E-state index contributed by atoms with van der Waals surface area (Å²) in [4.78, 5) is 24.3. The van der Waals surface area contributed by atoms with Crippen LogP contribution >= 0.6 is 0 Å². The van der Waals surface area contributed by atoms with E-state index in [4.69, 9.17) is 4.74 Å². The van der Waals surface area contributed by atoms with Crippen molar-refractivity contribution >= 4 is 5.97 Å². The number of nitrogens with one attached hydrogen (secondary N) is 2. The zero-order valence-corrected chi connectivity index (χ0v) is 18.6. The highest BCUT2D eigenvalue weighted by molar-refractivity contribution is 5.69. The van der Waals surface area contributed by atoms with Crippen molar-refractivity contribution in [3.05, 3.63) is 92.9 Å². The maximum atomic E-state index is 12.7. The van der Waals surface area contributed by atoms with E-state index in [1.165, 1.54) is 11.1 Å². The predicted octanol–water partition coefficient (Wildman–Crippen LogP) is 5.09. The number of aromatic amines is 2. The summed E-state index contributed by atoms with van der Waals surface area (Å²) >= 11 is 0. The third kappa shape index (κ3) is 5.97. The number of carbonyl (C=O) groups excluding carboxylic acids is 1. The summed E-state index contributed by atoms with van der Waals surface area (Å²) in [5.41, 5.74) is 5.21. The molecule has 0 amide bonds. The van der Waals surface area contributed by atoms with Gasteiger partial charge in [0.05, 0.1) is 6.61 Å². The number of H-pyrrole nitrogens is 2. The van der Waals surface area contributed by atoms with Crippen molar-refractivity contribution in [2.75, 3.05) is 6.61 Å². The van der Waals surface area contributed by atoms with Crippen LogP contribution in [0.25, 0.3) is 0 Å². The molecule has 1 unspecified atom stereocenters. The molecule has 3 aromatic rings. The zero-order valence-electron chi connectivity index (χ0n) is 18.6. The largest absolute Gasteiger partial charge is 0.466 e. The van der Waals surface area contributed by atoms with Crippen molar-refractivity contribution in [1.29, 1.82) is 0 Å². The Morgan fingerprint density at radius 1 is 0.968 bits per heavy atom. The Balaban J connectivity index is 1.84. The lowest BCUT2D eigenvalue weighted by molar-refractivity contribution is -0.143. The summed E-state index contributed by atoms with van der Waals surface area (Å²) in [6.45, 7) is 6.43. The van der Waals surface area contributed by atoms with Crippen LogP contribution in [0.5, 0.6) is 0 Å². The normalized spacial score (nSPS) is 12.1. The van der Waals surface area contributed by atoms with E-state index in [1.54, 1.807) is 0 Å². The van der Waals surface area contributed by atoms with Crippen molar-refractivity contribution in [3.63, 3.8) is 0 Å². The Kier molecular flexibility index (Phi) is 7.88. The molecule has 0 aliphatic carbocycles. The Bertz CT molecular complexity index is 1020. The minimum absolute atomic E-state index is 0.0385. The smallest absolute Gasteiger partial charge is 0.305 e. The molecule has 0 bridgehead atoms. The second-order valence-electron chi connectivity index (χ2n) is 8.20. The highest BCUT2D eigenvalue weighted by Gasteiger charge is 2.24. The molecule has 0 saturated carbocycles. The van der Waals surface area contributed by atoms with Crippen molar-refractivity contribution in [1.82, 2.24) is 10.2 Å². The Morgan fingerprint density at radius 2 is 1.68 bits per heavy atom. The quantitative estimate of drug-likeness (QED) is 0.449. The van der Waals surface area contributed by atoms with Gasteiger partial charge in [-0.05, 0) is 48.8 Å². The van der Waals surface area contributed by atoms with Gasteiger partial charge in [-0.15, -0.1) is 0 Å². The summed E-state index contributed by atoms with van der Waals surface area (Å²) in [5.74, 6) is 0.0349. The zero-order chi connectivity index (χ0) is 22.2. The molecule has 2 aromatic carbocycles. The fourth-order valence-corrected chi connectivity index (χ4v) is 4.01. The van der Waals surface area contributed by atoms with Crippen LogP contribution in [0.2, 0.25) is 0 Å². The molecule has 5 nitrogen and oxygen atoms in total. The number of benzene rings is 2.